The Kier molecular flexibility index (Phi) is 2.79. The summed E-state index contributed by atoms with van der Waals surface area (Å²) in [7, 11) is 0. The number of hydrogen-bond acceptors (Lipinski definition) is 4. The lowest BCUT2D eigenvalue weighted by atomic mass is 10.4. The van der Waals surface area contributed by atoms with E-state index >= 15 is 0 Å². The zero-order valence-corrected chi connectivity index (χ0v) is 8.84. The molecular weight excluding hydrogens is 200 g/mol. The maximum atomic E-state index is 11.8. The lowest BCUT2D eigenvalue weighted by molar-refractivity contribution is 0.0302. The Bertz CT molecular complexity index is 331. The van der Waals surface area contributed by atoms with Crippen LogP contribution in [0.3, 0.4) is 0 Å². The van der Waals surface area contributed by atoms with Gasteiger partial charge in [-0.15, -0.1) is 11.3 Å². The van der Waals surface area contributed by atoms with Crippen molar-refractivity contribution in [3.05, 3.63) is 16.1 Å². The fraction of sp³-hybridized carbons (Fsp3) is 0.556. The fourth-order valence-electron chi connectivity index (χ4n) is 1.35. The number of hydrogen-bond donors (Lipinski definition) is 0. The molecule has 1 aromatic rings. The van der Waals surface area contributed by atoms with E-state index in [1.54, 1.807) is 4.90 Å². The van der Waals surface area contributed by atoms with Crippen LogP contribution >= 0.6 is 11.3 Å². The predicted octanol–water partition coefficient (Wildman–Crippen LogP) is 0.924. The number of carbonyl (C=O) groups excluding carboxylic acids is 1. The van der Waals surface area contributed by atoms with Gasteiger partial charge in [-0.05, 0) is 6.92 Å². The minimum Gasteiger partial charge on any atom is -0.378 e. The first kappa shape index (κ1) is 9.61. The molecule has 1 aliphatic rings. The number of aromatic nitrogens is 1. The second kappa shape index (κ2) is 4.06. The van der Waals surface area contributed by atoms with Crippen LogP contribution in [0.4, 0.5) is 0 Å². The van der Waals surface area contributed by atoms with Gasteiger partial charge in [0, 0.05) is 24.2 Å². The number of amides is 1. The van der Waals surface area contributed by atoms with Gasteiger partial charge in [0.15, 0.2) is 5.01 Å². The predicted molar refractivity (Wildman–Crippen MR) is 53.6 cm³/mol. The van der Waals surface area contributed by atoms with E-state index in [0.29, 0.717) is 31.3 Å². The molecule has 0 spiro atoms. The highest BCUT2D eigenvalue weighted by Crippen LogP contribution is 2.12. The van der Waals surface area contributed by atoms with Crippen molar-refractivity contribution in [1.82, 2.24) is 9.88 Å². The van der Waals surface area contributed by atoms with E-state index in [-0.39, 0.29) is 5.91 Å². The van der Waals surface area contributed by atoms with Crippen LogP contribution in [0.25, 0.3) is 0 Å². The molecule has 0 aromatic carbocycles. The molecule has 1 aromatic heterocycles. The molecule has 0 saturated carbocycles. The van der Waals surface area contributed by atoms with E-state index < -0.39 is 0 Å². The number of carbonyl (C=O) groups is 1. The van der Waals surface area contributed by atoms with E-state index in [1.807, 2.05) is 12.3 Å². The van der Waals surface area contributed by atoms with Gasteiger partial charge in [0.25, 0.3) is 5.91 Å². The number of nitrogens with zero attached hydrogens (tertiary/aromatic N) is 2. The first-order valence-electron chi connectivity index (χ1n) is 4.56. The van der Waals surface area contributed by atoms with Crippen molar-refractivity contribution >= 4 is 17.2 Å². The van der Waals surface area contributed by atoms with Crippen LogP contribution in [0.1, 0.15) is 15.5 Å². The summed E-state index contributed by atoms with van der Waals surface area (Å²) in [4.78, 5) is 17.8. The topological polar surface area (TPSA) is 42.4 Å². The highest BCUT2D eigenvalue weighted by molar-refractivity contribution is 7.11. The van der Waals surface area contributed by atoms with Crippen molar-refractivity contribution in [2.45, 2.75) is 6.92 Å². The summed E-state index contributed by atoms with van der Waals surface area (Å²) < 4.78 is 5.18. The summed E-state index contributed by atoms with van der Waals surface area (Å²) in [5, 5.41) is 2.48. The number of ether oxygens (including phenoxy) is 1. The van der Waals surface area contributed by atoms with Crippen LogP contribution in [0.15, 0.2) is 5.38 Å². The number of aryl methyl sites for hydroxylation is 1. The number of morpholine rings is 1. The molecule has 0 unspecified atom stereocenters. The van der Waals surface area contributed by atoms with Gasteiger partial charge in [-0.2, -0.15) is 0 Å². The summed E-state index contributed by atoms with van der Waals surface area (Å²) in [6.07, 6.45) is 0. The molecule has 1 saturated heterocycles. The Morgan fingerprint density at radius 1 is 1.57 bits per heavy atom. The van der Waals surface area contributed by atoms with Crippen molar-refractivity contribution in [1.29, 1.82) is 0 Å². The molecule has 5 heteroatoms. The smallest absolute Gasteiger partial charge is 0.282 e. The van der Waals surface area contributed by atoms with Crippen LogP contribution < -0.4 is 0 Å². The quantitative estimate of drug-likeness (QED) is 0.695. The molecule has 0 N–H and O–H groups in total. The zero-order valence-electron chi connectivity index (χ0n) is 8.02. The Morgan fingerprint density at radius 2 is 2.29 bits per heavy atom. The third-order valence-corrected chi connectivity index (χ3v) is 3.05. The Labute approximate surface area is 86.5 Å². The lowest BCUT2D eigenvalue weighted by Crippen LogP contribution is -2.40. The molecule has 0 radical (unpaired) electrons. The molecule has 0 aliphatic carbocycles. The van der Waals surface area contributed by atoms with Gasteiger partial charge >= 0.3 is 0 Å². The van der Waals surface area contributed by atoms with Gasteiger partial charge in [-0.3, -0.25) is 4.79 Å². The van der Waals surface area contributed by atoms with Crippen LogP contribution in [-0.2, 0) is 4.74 Å². The lowest BCUT2D eigenvalue weighted by Gasteiger charge is -2.25. The highest BCUT2D eigenvalue weighted by atomic mass is 32.1. The number of thiazole rings is 1. The van der Waals surface area contributed by atoms with Gasteiger partial charge in [-0.25, -0.2) is 4.98 Å². The zero-order chi connectivity index (χ0) is 9.97. The Hall–Kier alpha value is -0.940. The normalized spacial score (nSPS) is 17.1. The maximum absolute atomic E-state index is 11.8. The van der Waals surface area contributed by atoms with E-state index in [0.717, 1.165) is 5.69 Å². The van der Waals surface area contributed by atoms with Crippen molar-refractivity contribution in [2.75, 3.05) is 26.3 Å². The summed E-state index contributed by atoms with van der Waals surface area (Å²) in [5.74, 6) is 0.0337. The molecule has 0 bridgehead atoms. The van der Waals surface area contributed by atoms with Gasteiger partial charge in [-0.1, -0.05) is 0 Å². The average Bonchev–Trinajstić information content (AvgIpc) is 2.65. The third kappa shape index (κ3) is 1.93. The average molecular weight is 212 g/mol. The van der Waals surface area contributed by atoms with E-state index in [1.165, 1.54) is 11.3 Å². The summed E-state index contributed by atoms with van der Waals surface area (Å²) in [6, 6.07) is 0. The minimum atomic E-state index is 0.0337. The first-order chi connectivity index (χ1) is 6.77. The van der Waals surface area contributed by atoms with Crippen molar-refractivity contribution in [2.24, 2.45) is 0 Å². The number of rotatable bonds is 1. The molecule has 2 heterocycles. The van der Waals surface area contributed by atoms with E-state index in [4.69, 9.17) is 4.74 Å². The molecule has 1 aliphatic heterocycles. The molecule has 14 heavy (non-hydrogen) atoms. The van der Waals surface area contributed by atoms with Crippen molar-refractivity contribution in [3.8, 4) is 0 Å². The fourth-order valence-corrected chi connectivity index (χ4v) is 2.12. The monoisotopic (exact) mass is 212 g/mol. The molecule has 4 nitrogen and oxygen atoms in total. The minimum absolute atomic E-state index is 0.0337. The van der Waals surface area contributed by atoms with Gasteiger partial charge in [0.1, 0.15) is 0 Å². The summed E-state index contributed by atoms with van der Waals surface area (Å²) in [6.45, 7) is 4.52. The molecule has 0 atom stereocenters. The van der Waals surface area contributed by atoms with Crippen LogP contribution in [0.5, 0.6) is 0 Å². The maximum Gasteiger partial charge on any atom is 0.282 e. The third-order valence-electron chi connectivity index (χ3n) is 2.10. The molecule has 1 fully saturated rings. The second-order valence-corrected chi connectivity index (χ2v) is 4.06. The van der Waals surface area contributed by atoms with Crippen molar-refractivity contribution in [3.63, 3.8) is 0 Å². The first-order valence-corrected chi connectivity index (χ1v) is 5.44. The summed E-state index contributed by atoms with van der Waals surface area (Å²) in [5.41, 5.74) is 0.909. The SMILES string of the molecule is Cc1csc(C(=O)N2CCOCC2)n1. The van der Waals surface area contributed by atoms with Crippen LogP contribution in [0.2, 0.25) is 0 Å². The standard InChI is InChI=1S/C9H12N2O2S/c1-7-6-14-8(10-7)9(12)11-2-4-13-5-3-11/h6H,2-5H2,1H3. The molecule has 1 amide bonds. The second-order valence-electron chi connectivity index (χ2n) is 3.20. The molecule has 2 rings (SSSR count). The molecule has 76 valence electrons. The Balaban J connectivity index is 2.07. The van der Waals surface area contributed by atoms with E-state index in [9.17, 15) is 4.79 Å². The highest BCUT2D eigenvalue weighted by Gasteiger charge is 2.20. The van der Waals surface area contributed by atoms with Gasteiger partial charge < -0.3 is 9.64 Å². The summed E-state index contributed by atoms with van der Waals surface area (Å²) >= 11 is 1.41. The van der Waals surface area contributed by atoms with Crippen LogP contribution in [0, 0.1) is 6.92 Å². The van der Waals surface area contributed by atoms with Gasteiger partial charge in [0.05, 0.1) is 13.2 Å². The Morgan fingerprint density at radius 3 is 2.86 bits per heavy atom. The van der Waals surface area contributed by atoms with E-state index in [2.05, 4.69) is 4.98 Å². The van der Waals surface area contributed by atoms with Crippen LogP contribution in [-0.4, -0.2) is 42.1 Å². The van der Waals surface area contributed by atoms with Gasteiger partial charge in [0.2, 0.25) is 0 Å². The van der Waals surface area contributed by atoms with Crippen molar-refractivity contribution < 1.29 is 9.53 Å². The molecular formula is C9H12N2O2S. The largest absolute Gasteiger partial charge is 0.378 e.